The second kappa shape index (κ2) is 8.75. The van der Waals surface area contributed by atoms with Crippen molar-refractivity contribution in [2.24, 2.45) is 5.92 Å². The Labute approximate surface area is 155 Å². The van der Waals surface area contributed by atoms with Crippen LogP contribution in [0.1, 0.15) is 43.9 Å². The van der Waals surface area contributed by atoms with E-state index < -0.39 is 0 Å². The molecule has 3 rings (SSSR count). The maximum Gasteiger partial charge on any atom is 0.220 e. The van der Waals surface area contributed by atoms with Crippen LogP contribution in [0.2, 0.25) is 0 Å². The van der Waals surface area contributed by atoms with Crippen molar-refractivity contribution < 1.29 is 14.3 Å². The fourth-order valence-electron chi connectivity index (χ4n) is 3.20. The lowest BCUT2D eigenvalue weighted by Gasteiger charge is -2.21. The molecule has 0 fully saturated rings. The molecule has 1 heterocycles. The van der Waals surface area contributed by atoms with Gasteiger partial charge in [-0.3, -0.25) is 4.79 Å². The number of carbonyl (C=O) groups is 1. The van der Waals surface area contributed by atoms with Crippen LogP contribution in [0.5, 0.6) is 11.5 Å². The van der Waals surface area contributed by atoms with E-state index in [2.05, 4.69) is 31.3 Å². The first kappa shape index (κ1) is 18.3. The monoisotopic (exact) mass is 353 g/mol. The van der Waals surface area contributed by atoms with Crippen molar-refractivity contribution in [3.05, 3.63) is 59.7 Å². The topological polar surface area (TPSA) is 47.6 Å². The Morgan fingerprint density at radius 1 is 1.04 bits per heavy atom. The Morgan fingerprint density at radius 3 is 2.50 bits per heavy atom. The molecule has 1 atom stereocenters. The number of amides is 1. The maximum absolute atomic E-state index is 12.5. The number of aryl methyl sites for hydroxylation is 1. The van der Waals surface area contributed by atoms with Crippen LogP contribution in [0, 0.1) is 5.92 Å². The lowest BCUT2D eigenvalue weighted by molar-refractivity contribution is -0.121. The van der Waals surface area contributed by atoms with Crippen LogP contribution in [0.25, 0.3) is 0 Å². The third kappa shape index (κ3) is 5.01. The zero-order valence-corrected chi connectivity index (χ0v) is 15.5. The number of hydrogen-bond acceptors (Lipinski definition) is 3. The van der Waals surface area contributed by atoms with Gasteiger partial charge in [0.2, 0.25) is 5.91 Å². The van der Waals surface area contributed by atoms with Crippen molar-refractivity contribution >= 4 is 5.91 Å². The van der Waals surface area contributed by atoms with E-state index in [0.29, 0.717) is 32.0 Å². The van der Waals surface area contributed by atoms with E-state index in [1.807, 2.05) is 36.4 Å². The van der Waals surface area contributed by atoms with Crippen LogP contribution in [0.15, 0.2) is 48.5 Å². The summed E-state index contributed by atoms with van der Waals surface area (Å²) >= 11 is 0. The first-order valence-electron chi connectivity index (χ1n) is 9.34. The molecule has 1 N–H and O–H groups in total. The highest BCUT2D eigenvalue weighted by Gasteiger charge is 2.17. The van der Waals surface area contributed by atoms with E-state index in [1.165, 1.54) is 0 Å². The fourth-order valence-corrected chi connectivity index (χ4v) is 3.20. The zero-order chi connectivity index (χ0) is 18.4. The van der Waals surface area contributed by atoms with Gasteiger partial charge in [0.1, 0.15) is 13.2 Å². The van der Waals surface area contributed by atoms with Crippen LogP contribution in [0.3, 0.4) is 0 Å². The summed E-state index contributed by atoms with van der Waals surface area (Å²) in [7, 11) is 0. The van der Waals surface area contributed by atoms with Crippen molar-refractivity contribution in [3.63, 3.8) is 0 Å². The Bertz CT molecular complexity index is 727. The van der Waals surface area contributed by atoms with Crippen LogP contribution < -0.4 is 14.8 Å². The van der Waals surface area contributed by atoms with E-state index in [9.17, 15) is 4.79 Å². The molecule has 1 aliphatic heterocycles. The molecule has 138 valence electrons. The van der Waals surface area contributed by atoms with Crippen LogP contribution in [-0.4, -0.2) is 19.1 Å². The van der Waals surface area contributed by atoms with Crippen LogP contribution in [0.4, 0.5) is 0 Å². The lowest BCUT2D eigenvalue weighted by Crippen LogP contribution is -2.29. The van der Waals surface area contributed by atoms with Gasteiger partial charge >= 0.3 is 0 Å². The molecule has 4 heteroatoms. The number of hydrogen-bond donors (Lipinski definition) is 1. The SMILES string of the molecule is CC(C)CC(NC(=O)CCc1ccc2c(c1)OCCO2)c1ccccc1. The molecule has 2 aromatic carbocycles. The van der Waals surface area contributed by atoms with Gasteiger partial charge in [0, 0.05) is 6.42 Å². The van der Waals surface area contributed by atoms with Crippen molar-refractivity contribution in [1.29, 1.82) is 0 Å². The van der Waals surface area contributed by atoms with Gasteiger partial charge in [-0.05, 0) is 42.0 Å². The second-order valence-electron chi connectivity index (χ2n) is 7.14. The first-order chi connectivity index (χ1) is 12.6. The van der Waals surface area contributed by atoms with E-state index >= 15 is 0 Å². The molecular formula is C22H27NO3. The van der Waals surface area contributed by atoms with Gasteiger partial charge in [0.25, 0.3) is 0 Å². The highest BCUT2D eigenvalue weighted by Crippen LogP contribution is 2.31. The third-order valence-electron chi connectivity index (χ3n) is 4.49. The summed E-state index contributed by atoms with van der Waals surface area (Å²) in [6.07, 6.45) is 2.08. The number of benzene rings is 2. The largest absolute Gasteiger partial charge is 0.486 e. The first-order valence-corrected chi connectivity index (χ1v) is 9.34. The smallest absolute Gasteiger partial charge is 0.220 e. The standard InChI is InChI=1S/C22H27NO3/c1-16(2)14-19(18-6-4-3-5-7-18)23-22(24)11-9-17-8-10-20-21(15-17)26-13-12-25-20/h3-8,10,15-16,19H,9,11-14H2,1-2H3,(H,23,24). The van der Waals surface area contributed by atoms with Crippen LogP contribution >= 0.6 is 0 Å². The van der Waals surface area contributed by atoms with E-state index in [4.69, 9.17) is 9.47 Å². The van der Waals surface area contributed by atoms with Crippen molar-refractivity contribution in [2.45, 2.75) is 39.2 Å². The van der Waals surface area contributed by atoms with Gasteiger partial charge in [0.15, 0.2) is 11.5 Å². The fraction of sp³-hybridized carbons (Fsp3) is 0.409. The number of fused-ring (bicyclic) bond motifs is 1. The van der Waals surface area contributed by atoms with Gasteiger partial charge in [-0.1, -0.05) is 50.2 Å². The van der Waals surface area contributed by atoms with E-state index in [-0.39, 0.29) is 11.9 Å². The predicted molar refractivity (Wildman–Crippen MR) is 103 cm³/mol. The summed E-state index contributed by atoms with van der Waals surface area (Å²) < 4.78 is 11.1. The Balaban J connectivity index is 1.58. The number of nitrogens with one attached hydrogen (secondary N) is 1. The zero-order valence-electron chi connectivity index (χ0n) is 15.5. The summed E-state index contributed by atoms with van der Waals surface area (Å²) in [5.41, 5.74) is 2.25. The molecule has 4 nitrogen and oxygen atoms in total. The molecule has 0 saturated heterocycles. The molecular weight excluding hydrogens is 326 g/mol. The van der Waals surface area contributed by atoms with Crippen molar-refractivity contribution in [1.82, 2.24) is 5.32 Å². The number of ether oxygens (including phenoxy) is 2. The second-order valence-corrected chi connectivity index (χ2v) is 7.14. The van der Waals surface area contributed by atoms with Gasteiger partial charge in [0.05, 0.1) is 6.04 Å². The van der Waals surface area contributed by atoms with Crippen LogP contribution in [-0.2, 0) is 11.2 Å². The average Bonchev–Trinajstić information content (AvgIpc) is 2.66. The van der Waals surface area contributed by atoms with E-state index in [0.717, 1.165) is 29.0 Å². The molecule has 1 aliphatic rings. The predicted octanol–water partition coefficient (Wildman–Crippen LogP) is 4.29. The molecule has 0 radical (unpaired) electrons. The number of rotatable bonds is 7. The molecule has 0 bridgehead atoms. The molecule has 0 spiro atoms. The maximum atomic E-state index is 12.5. The molecule has 0 aromatic heterocycles. The average molecular weight is 353 g/mol. The Morgan fingerprint density at radius 2 is 1.77 bits per heavy atom. The highest BCUT2D eigenvalue weighted by atomic mass is 16.6. The number of carbonyl (C=O) groups excluding carboxylic acids is 1. The Kier molecular flexibility index (Phi) is 6.16. The minimum absolute atomic E-state index is 0.0592. The molecule has 2 aromatic rings. The minimum atomic E-state index is 0.0592. The quantitative estimate of drug-likeness (QED) is 0.807. The normalized spacial score (nSPS) is 14.1. The molecule has 26 heavy (non-hydrogen) atoms. The lowest BCUT2D eigenvalue weighted by atomic mass is 9.96. The molecule has 0 saturated carbocycles. The summed E-state index contributed by atoms with van der Waals surface area (Å²) in [5, 5.41) is 3.20. The van der Waals surface area contributed by atoms with Gasteiger partial charge in [-0.2, -0.15) is 0 Å². The molecule has 0 aliphatic carbocycles. The summed E-state index contributed by atoms with van der Waals surface area (Å²) in [4.78, 5) is 12.5. The molecule has 1 unspecified atom stereocenters. The van der Waals surface area contributed by atoms with E-state index in [1.54, 1.807) is 0 Å². The van der Waals surface area contributed by atoms with Crippen molar-refractivity contribution in [2.75, 3.05) is 13.2 Å². The Hall–Kier alpha value is -2.49. The molecule has 1 amide bonds. The highest BCUT2D eigenvalue weighted by molar-refractivity contribution is 5.76. The van der Waals surface area contributed by atoms with Gasteiger partial charge in [-0.15, -0.1) is 0 Å². The summed E-state index contributed by atoms with van der Waals surface area (Å²) in [6, 6.07) is 16.2. The van der Waals surface area contributed by atoms with Crippen molar-refractivity contribution in [3.8, 4) is 11.5 Å². The summed E-state index contributed by atoms with van der Waals surface area (Å²) in [5.74, 6) is 2.15. The van der Waals surface area contributed by atoms with Gasteiger partial charge < -0.3 is 14.8 Å². The van der Waals surface area contributed by atoms with Gasteiger partial charge in [-0.25, -0.2) is 0 Å². The minimum Gasteiger partial charge on any atom is -0.486 e. The third-order valence-corrected chi connectivity index (χ3v) is 4.49. The summed E-state index contributed by atoms with van der Waals surface area (Å²) in [6.45, 7) is 5.52.